The normalized spacial score (nSPS) is 19.5. The summed E-state index contributed by atoms with van der Waals surface area (Å²) in [5, 5.41) is 6.68. The van der Waals surface area contributed by atoms with Crippen LogP contribution in [0.5, 0.6) is 0 Å². The Balaban J connectivity index is 1.56. The van der Waals surface area contributed by atoms with Gasteiger partial charge in [0, 0.05) is 39.5 Å². The number of anilines is 1. The Bertz CT molecular complexity index is 874. The van der Waals surface area contributed by atoms with Crippen LogP contribution in [0.3, 0.4) is 0 Å². The molecule has 0 aromatic heterocycles. The van der Waals surface area contributed by atoms with Crippen LogP contribution >= 0.6 is 0 Å². The van der Waals surface area contributed by atoms with Crippen LogP contribution in [-0.4, -0.2) is 53.5 Å². The molecule has 2 amide bonds. The van der Waals surface area contributed by atoms with Crippen LogP contribution in [0.2, 0.25) is 0 Å². The molecule has 0 spiro atoms. The molecule has 1 saturated heterocycles. The van der Waals surface area contributed by atoms with E-state index in [1.54, 1.807) is 11.8 Å². The number of hydrogen-bond donors (Lipinski definition) is 0. The van der Waals surface area contributed by atoms with Gasteiger partial charge in [-0.05, 0) is 17.7 Å². The Kier molecular flexibility index (Phi) is 5.10. The van der Waals surface area contributed by atoms with Crippen molar-refractivity contribution >= 4 is 23.2 Å². The molecule has 1 atom stereocenters. The molecular formula is C22H24N4O2. The Morgan fingerprint density at radius 1 is 0.857 bits per heavy atom. The first-order chi connectivity index (χ1) is 13.6. The Hall–Kier alpha value is -3.15. The molecule has 2 aliphatic heterocycles. The maximum atomic E-state index is 13.1. The topological polar surface area (TPSA) is 56.2 Å². The summed E-state index contributed by atoms with van der Waals surface area (Å²) in [6.45, 7) is 3.84. The Labute approximate surface area is 165 Å². The third-order valence-electron chi connectivity index (χ3n) is 5.37. The molecule has 6 heteroatoms. The van der Waals surface area contributed by atoms with Crippen molar-refractivity contribution in [2.45, 2.75) is 19.4 Å². The first-order valence-electron chi connectivity index (χ1n) is 9.65. The number of hydrogen-bond acceptors (Lipinski definition) is 4. The van der Waals surface area contributed by atoms with E-state index in [9.17, 15) is 9.59 Å². The summed E-state index contributed by atoms with van der Waals surface area (Å²) in [7, 11) is 0. The summed E-state index contributed by atoms with van der Waals surface area (Å²) in [5.74, 6) is 0.0345. The largest absolute Gasteiger partial charge is 0.339 e. The molecule has 2 aromatic rings. The molecular weight excluding hydrogens is 352 g/mol. The number of benzene rings is 2. The van der Waals surface area contributed by atoms with E-state index >= 15 is 0 Å². The van der Waals surface area contributed by atoms with Gasteiger partial charge in [-0.3, -0.25) is 14.6 Å². The van der Waals surface area contributed by atoms with Crippen LogP contribution in [-0.2, 0) is 9.59 Å². The van der Waals surface area contributed by atoms with E-state index in [0.717, 1.165) is 11.3 Å². The van der Waals surface area contributed by atoms with E-state index in [-0.39, 0.29) is 17.9 Å². The average Bonchev–Trinajstić information content (AvgIpc) is 3.20. The fourth-order valence-corrected chi connectivity index (χ4v) is 3.80. The third kappa shape index (κ3) is 3.63. The number of hydrazone groups is 1. The van der Waals surface area contributed by atoms with E-state index in [1.165, 1.54) is 0 Å². The highest BCUT2D eigenvalue weighted by Gasteiger charge is 2.35. The average molecular weight is 376 g/mol. The maximum absolute atomic E-state index is 13.1. The third-order valence-corrected chi connectivity index (χ3v) is 5.37. The van der Waals surface area contributed by atoms with Crippen LogP contribution in [0.15, 0.2) is 65.8 Å². The first-order valence-corrected chi connectivity index (χ1v) is 9.65. The highest BCUT2D eigenvalue weighted by Crippen LogP contribution is 2.35. The summed E-state index contributed by atoms with van der Waals surface area (Å²) >= 11 is 0. The molecule has 0 saturated carbocycles. The second kappa shape index (κ2) is 7.84. The highest BCUT2D eigenvalue weighted by atomic mass is 16.2. The molecule has 2 heterocycles. The van der Waals surface area contributed by atoms with Crippen molar-refractivity contribution in [2.75, 3.05) is 31.2 Å². The summed E-state index contributed by atoms with van der Waals surface area (Å²) in [5.41, 5.74) is 2.69. The zero-order chi connectivity index (χ0) is 19.5. The van der Waals surface area contributed by atoms with Gasteiger partial charge in [0.05, 0.1) is 11.7 Å². The van der Waals surface area contributed by atoms with Gasteiger partial charge in [0.2, 0.25) is 5.91 Å². The monoisotopic (exact) mass is 376 g/mol. The Morgan fingerprint density at radius 2 is 1.43 bits per heavy atom. The summed E-state index contributed by atoms with van der Waals surface area (Å²) in [4.78, 5) is 28.2. The zero-order valence-electron chi connectivity index (χ0n) is 16.0. The van der Waals surface area contributed by atoms with Gasteiger partial charge in [-0.25, -0.2) is 0 Å². The van der Waals surface area contributed by atoms with Crippen molar-refractivity contribution in [3.05, 3.63) is 66.2 Å². The second-order valence-corrected chi connectivity index (χ2v) is 7.16. The molecule has 6 nitrogen and oxygen atoms in total. The first kappa shape index (κ1) is 18.2. The lowest BCUT2D eigenvalue weighted by Crippen LogP contribution is -2.51. The van der Waals surface area contributed by atoms with Crippen molar-refractivity contribution < 1.29 is 9.59 Å². The molecule has 0 radical (unpaired) electrons. The van der Waals surface area contributed by atoms with Gasteiger partial charge in [0.15, 0.2) is 0 Å². The van der Waals surface area contributed by atoms with Gasteiger partial charge >= 0.3 is 0 Å². The standard InChI is InChI=1S/C22H24N4O2/c1-17(27)24-12-14-25(15-13-24)22(28)20-16-21(18-8-4-2-5-9-18)26(23-20)19-10-6-3-7-11-19/h2-11,21H,12-16H2,1H3/t21-/m0/s1. The molecule has 0 bridgehead atoms. The van der Waals surface area contributed by atoms with Gasteiger partial charge in [-0.1, -0.05) is 48.5 Å². The minimum atomic E-state index is -0.0254. The van der Waals surface area contributed by atoms with E-state index in [0.29, 0.717) is 38.3 Å². The molecule has 28 heavy (non-hydrogen) atoms. The van der Waals surface area contributed by atoms with E-state index in [4.69, 9.17) is 5.10 Å². The number of amides is 2. The molecule has 144 valence electrons. The van der Waals surface area contributed by atoms with E-state index in [1.807, 2.05) is 58.4 Å². The van der Waals surface area contributed by atoms with Crippen LogP contribution in [0, 0.1) is 0 Å². The predicted molar refractivity (Wildman–Crippen MR) is 109 cm³/mol. The number of carbonyl (C=O) groups is 2. The lowest BCUT2D eigenvalue weighted by Gasteiger charge is -2.34. The van der Waals surface area contributed by atoms with Crippen LogP contribution in [0.4, 0.5) is 5.69 Å². The van der Waals surface area contributed by atoms with Crippen LogP contribution < -0.4 is 5.01 Å². The molecule has 0 aliphatic carbocycles. The molecule has 4 rings (SSSR count). The smallest absolute Gasteiger partial charge is 0.270 e. The fraction of sp³-hybridized carbons (Fsp3) is 0.318. The predicted octanol–water partition coefficient (Wildman–Crippen LogP) is 2.68. The van der Waals surface area contributed by atoms with Gasteiger partial charge in [0.1, 0.15) is 5.71 Å². The Morgan fingerprint density at radius 3 is 2.04 bits per heavy atom. The second-order valence-electron chi connectivity index (χ2n) is 7.16. The molecule has 0 N–H and O–H groups in total. The summed E-state index contributed by atoms with van der Waals surface area (Å²) < 4.78 is 0. The SMILES string of the molecule is CC(=O)N1CCN(C(=O)C2=NN(c3ccccc3)[C@H](c3ccccc3)C2)CC1. The van der Waals surface area contributed by atoms with Crippen molar-refractivity contribution in [3.63, 3.8) is 0 Å². The van der Waals surface area contributed by atoms with Crippen molar-refractivity contribution in [1.82, 2.24) is 9.80 Å². The maximum Gasteiger partial charge on any atom is 0.270 e. The lowest BCUT2D eigenvalue weighted by atomic mass is 10.0. The number of para-hydroxylation sites is 1. The number of carbonyl (C=O) groups excluding carboxylic acids is 2. The van der Waals surface area contributed by atoms with Crippen molar-refractivity contribution in [2.24, 2.45) is 5.10 Å². The van der Waals surface area contributed by atoms with Crippen LogP contribution in [0.1, 0.15) is 24.9 Å². The van der Waals surface area contributed by atoms with E-state index < -0.39 is 0 Å². The molecule has 1 fully saturated rings. The van der Waals surface area contributed by atoms with E-state index in [2.05, 4.69) is 12.1 Å². The van der Waals surface area contributed by atoms with Crippen molar-refractivity contribution in [1.29, 1.82) is 0 Å². The molecule has 2 aromatic carbocycles. The zero-order valence-corrected chi connectivity index (χ0v) is 16.0. The number of nitrogens with zero attached hydrogens (tertiary/aromatic N) is 4. The molecule has 0 unspecified atom stereocenters. The quantitative estimate of drug-likeness (QED) is 0.828. The van der Waals surface area contributed by atoms with Gasteiger partial charge in [0.25, 0.3) is 5.91 Å². The number of piperazine rings is 1. The minimum Gasteiger partial charge on any atom is -0.339 e. The fourth-order valence-electron chi connectivity index (χ4n) is 3.80. The lowest BCUT2D eigenvalue weighted by molar-refractivity contribution is -0.134. The van der Waals surface area contributed by atoms with Gasteiger partial charge in [-0.2, -0.15) is 5.10 Å². The van der Waals surface area contributed by atoms with Gasteiger partial charge < -0.3 is 9.80 Å². The van der Waals surface area contributed by atoms with Crippen LogP contribution in [0.25, 0.3) is 0 Å². The number of rotatable bonds is 3. The van der Waals surface area contributed by atoms with Gasteiger partial charge in [-0.15, -0.1) is 0 Å². The summed E-state index contributed by atoms with van der Waals surface area (Å²) in [6.07, 6.45) is 0.574. The minimum absolute atomic E-state index is 0.000980. The van der Waals surface area contributed by atoms with Crippen molar-refractivity contribution in [3.8, 4) is 0 Å². The highest BCUT2D eigenvalue weighted by molar-refractivity contribution is 6.39. The summed E-state index contributed by atoms with van der Waals surface area (Å²) in [6, 6.07) is 20.1. The molecule has 2 aliphatic rings.